The molecule has 36 heavy (non-hydrogen) atoms. The van der Waals surface area contributed by atoms with Crippen molar-refractivity contribution in [2.45, 2.75) is 74.6 Å². The van der Waals surface area contributed by atoms with Gasteiger partial charge in [0.25, 0.3) is 0 Å². The largest absolute Gasteiger partial charge is 0.481 e. The van der Waals surface area contributed by atoms with Crippen molar-refractivity contribution >= 4 is 17.5 Å². The standard InChI is InChI=1S/C22H32O14/c1-4-8-5(2-6(24)9(4)21(33)34)12(25)10-11(14(8)27)16(29)20(18(31)15(10)28)36-22-19(32)17(30)13(26)7(3-23)35-22/h4-11,13,15-20,22-24,26,28-32H,2-3H2,1H3,(H,33,34)/t4?,5?,6?,7-,8?,9?,10?,11?,13+,15?,16?,17-,18?,19+,20?,22+/m0/s1. The number of aliphatic carboxylic acids is 1. The van der Waals surface area contributed by atoms with Crippen LogP contribution >= 0.6 is 0 Å². The minimum Gasteiger partial charge on any atom is -0.481 e. The summed E-state index contributed by atoms with van der Waals surface area (Å²) >= 11 is 0. The van der Waals surface area contributed by atoms with Crippen molar-refractivity contribution in [3.8, 4) is 0 Å². The van der Waals surface area contributed by atoms with Gasteiger partial charge in [0.1, 0.15) is 48.2 Å². The lowest BCUT2D eigenvalue weighted by molar-refractivity contribution is -0.334. The minimum atomic E-state index is -1.96. The monoisotopic (exact) mass is 520 g/mol. The zero-order chi connectivity index (χ0) is 26.8. The number of hydrogen-bond donors (Lipinski definition) is 9. The van der Waals surface area contributed by atoms with E-state index in [1.165, 1.54) is 6.92 Å². The molecule has 1 heterocycles. The van der Waals surface area contributed by atoms with E-state index in [-0.39, 0.29) is 6.42 Å². The van der Waals surface area contributed by atoms with E-state index in [1.807, 2.05) is 0 Å². The van der Waals surface area contributed by atoms with Gasteiger partial charge in [-0.15, -0.1) is 0 Å². The summed E-state index contributed by atoms with van der Waals surface area (Å²) in [6.07, 6.45) is -18.0. The van der Waals surface area contributed by atoms with Crippen molar-refractivity contribution in [3.05, 3.63) is 0 Å². The number of Topliss-reactive ketones (excluding diaryl/α,β-unsaturated/α-hetero) is 2. The molecular formula is C22H32O14. The Morgan fingerprint density at radius 3 is 2.06 bits per heavy atom. The van der Waals surface area contributed by atoms with Crippen LogP contribution in [0.1, 0.15) is 13.3 Å². The van der Waals surface area contributed by atoms with Gasteiger partial charge in [-0.1, -0.05) is 6.92 Å². The van der Waals surface area contributed by atoms with E-state index in [0.29, 0.717) is 0 Å². The van der Waals surface area contributed by atoms with Crippen LogP contribution in [-0.4, -0.2) is 131 Å². The Bertz CT molecular complexity index is 879. The SMILES string of the molecule is CC1C(C(=O)O)C(O)CC2C(=O)C3C(O)C(O)C(O[C@H]4O[C@@H](CO)[C@@H](O)[C@H](O)[C@H]4O)C(O)C3C(=O)C21. The Morgan fingerprint density at radius 2 is 1.47 bits per heavy atom. The van der Waals surface area contributed by atoms with Crippen molar-refractivity contribution < 1.29 is 69.8 Å². The molecule has 3 aliphatic carbocycles. The van der Waals surface area contributed by atoms with Gasteiger partial charge < -0.3 is 55.4 Å². The van der Waals surface area contributed by atoms with Crippen molar-refractivity contribution in [2.24, 2.45) is 35.5 Å². The van der Waals surface area contributed by atoms with Crippen LogP contribution in [0.5, 0.6) is 0 Å². The highest BCUT2D eigenvalue weighted by Crippen LogP contribution is 2.50. The molecule has 0 spiro atoms. The van der Waals surface area contributed by atoms with E-state index >= 15 is 0 Å². The summed E-state index contributed by atoms with van der Waals surface area (Å²) in [4.78, 5) is 38.6. The molecule has 204 valence electrons. The highest BCUT2D eigenvalue weighted by molar-refractivity contribution is 6.01. The minimum absolute atomic E-state index is 0.330. The van der Waals surface area contributed by atoms with E-state index in [4.69, 9.17) is 9.47 Å². The third kappa shape index (κ3) is 4.09. The predicted molar refractivity (Wildman–Crippen MR) is 112 cm³/mol. The van der Waals surface area contributed by atoms with Crippen LogP contribution in [-0.2, 0) is 23.9 Å². The third-order valence-corrected chi connectivity index (χ3v) is 8.40. The average Bonchev–Trinajstić information content (AvgIpc) is 2.81. The van der Waals surface area contributed by atoms with Crippen LogP contribution in [0.15, 0.2) is 0 Å². The van der Waals surface area contributed by atoms with Crippen molar-refractivity contribution in [1.29, 1.82) is 0 Å². The van der Waals surface area contributed by atoms with Crippen LogP contribution in [0, 0.1) is 35.5 Å². The van der Waals surface area contributed by atoms with Gasteiger partial charge in [-0.05, 0) is 12.3 Å². The van der Waals surface area contributed by atoms with Gasteiger partial charge in [0, 0.05) is 11.8 Å². The number of rotatable bonds is 4. The van der Waals surface area contributed by atoms with Gasteiger partial charge in [0.05, 0.1) is 42.7 Å². The van der Waals surface area contributed by atoms with Gasteiger partial charge in [0.2, 0.25) is 0 Å². The molecule has 16 atom stereocenters. The number of ketones is 2. The van der Waals surface area contributed by atoms with E-state index < -0.39 is 121 Å². The summed E-state index contributed by atoms with van der Waals surface area (Å²) in [6.45, 7) is 0.630. The lowest BCUT2D eigenvalue weighted by atomic mass is 9.52. The molecule has 9 N–H and O–H groups in total. The molecule has 14 heteroatoms. The molecule has 0 aromatic rings. The molecule has 0 amide bonds. The maximum Gasteiger partial charge on any atom is 0.309 e. The zero-order valence-corrected chi connectivity index (χ0v) is 19.2. The van der Waals surface area contributed by atoms with Crippen molar-refractivity contribution in [1.82, 2.24) is 0 Å². The number of carbonyl (C=O) groups excluding carboxylic acids is 2. The quantitative estimate of drug-likeness (QED) is 0.157. The Hall–Kier alpha value is -1.59. The molecule has 0 aromatic heterocycles. The second-order valence-electron chi connectivity index (χ2n) is 10.3. The smallest absolute Gasteiger partial charge is 0.309 e. The Labute approximate surface area is 204 Å². The van der Waals surface area contributed by atoms with Crippen LogP contribution in [0.4, 0.5) is 0 Å². The maximum absolute atomic E-state index is 13.6. The number of carboxylic acids is 1. The Morgan fingerprint density at radius 1 is 0.861 bits per heavy atom. The number of ether oxygens (including phenoxy) is 2. The second kappa shape index (κ2) is 9.94. The van der Waals surface area contributed by atoms with Crippen molar-refractivity contribution in [3.63, 3.8) is 0 Å². The van der Waals surface area contributed by atoms with Crippen LogP contribution in [0.25, 0.3) is 0 Å². The van der Waals surface area contributed by atoms with Crippen LogP contribution < -0.4 is 0 Å². The molecule has 0 radical (unpaired) electrons. The summed E-state index contributed by atoms with van der Waals surface area (Å²) in [5.74, 6) is -10.5. The van der Waals surface area contributed by atoms with Gasteiger partial charge in [-0.25, -0.2) is 0 Å². The molecule has 1 aliphatic heterocycles. The first-order valence-corrected chi connectivity index (χ1v) is 11.8. The predicted octanol–water partition coefficient (Wildman–Crippen LogP) is -5.01. The van der Waals surface area contributed by atoms with Crippen LogP contribution in [0.3, 0.4) is 0 Å². The number of carboxylic acid groups (broad SMARTS) is 1. The third-order valence-electron chi connectivity index (χ3n) is 8.40. The van der Waals surface area contributed by atoms with Gasteiger partial charge in [0.15, 0.2) is 6.29 Å². The first kappa shape index (κ1) is 27.4. The molecule has 0 bridgehead atoms. The highest BCUT2D eigenvalue weighted by Gasteiger charge is 2.65. The summed E-state index contributed by atoms with van der Waals surface area (Å²) in [5, 5.41) is 91.9. The molecule has 0 aromatic carbocycles. The fourth-order valence-electron chi connectivity index (χ4n) is 6.53. The second-order valence-corrected chi connectivity index (χ2v) is 10.3. The molecule has 4 aliphatic rings. The Kier molecular flexibility index (Phi) is 7.58. The summed E-state index contributed by atoms with van der Waals surface area (Å²) in [6, 6.07) is 0. The summed E-state index contributed by atoms with van der Waals surface area (Å²) in [7, 11) is 0. The van der Waals surface area contributed by atoms with Crippen molar-refractivity contribution in [2.75, 3.05) is 6.61 Å². The van der Waals surface area contributed by atoms with Gasteiger partial charge in [-0.3, -0.25) is 14.4 Å². The molecule has 3 saturated carbocycles. The molecule has 11 unspecified atom stereocenters. The molecule has 4 rings (SSSR count). The number of aliphatic hydroxyl groups excluding tert-OH is 8. The highest BCUT2D eigenvalue weighted by atomic mass is 16.7. The number of aliphatic hydroxyl groups is 8. The first-order valence-electron chi connectivity index (χ1n) is 11.8. The average molecular weight is 520 g/mol. The number of fused-ring (bicyclic) bond motifs is 2. The summed E-state index contributed by atoms with van der Waals surface area (Å²) in [5.41, 5.74) is 0. The zero-order valence-electron chi connectivity index (χ0n) is 19.2. The summed E-state index contributed by atoms with van der Waals surface area (Å²) < 4.78 is 10.7. The first-order chi connectivity index (χ1) is 16.8. The Balaban J connectivity index is 1.63. The lowest BCUT2D eigenvalue weighted by Gasteiger charge is -2.53. The van der Waals surface area contributed by atoms with E-state index in [2.05, 4.69) is 0 Å². The maximum atomic E-state index is 13.6. The van der Waals surface area contributed by atoms with E-state index in [1.54, 1.807) is 0 Å². The molecule has 1 saturated heterocycles. The molecular weight excluding hydrogens is 488 g/mol. The topological polar surface area (TPSA) is 252 Å². The molecule has 4 fully saturated rings. The lowest BCUT2D eigenvalue weighted by Crippen LogP contribution is -2.70. The van der Waals surface area contributed by atoms with E-state index in [0.717, 1.165) is 0 Å². The van der Waals surface area contributed by atoms with Gasteiger partial charge in [-0.2, -0.15) is 0 Å². The molecule has 14 nitrogen and oxygen atoms in total. The fraction of sp³-hybridized carbons (Fsp3) is 0.864. The van der Waals surface area contributed by atoms with Crippen LogP contribution in [0.2, 0.25) is 0 Å². The van der Waals surface area contributed by atoms with Gasteiger partial charge >= 0.3 is 5.97 Å². The normalized spacial score (nSPS) is 53.5. The van der Waals surface area contributed by atoms with E-state index in [9.17, 15) is 60.3 Å². The number of carbonyl (C=O) groups is 3. The number of hydrogen-bond acceptors (Lipinski definition) is 13. The fourth-order valence-corrected chi connectivity index (χ4v) is 6.53.